The van der Waals surface area contributed by atoms with E-state index in [0.717, 1.165) is 38.7 Å². The van der Waals surface area contributed by atoms with Crippen LogP contribution >= 0.6 is 0 Å². The SMILES string of the molecule is OC1(CCCC2CCCO2)CCCCC1. The molecule has 0 aromatic rings. The molecule has 88 valence electrons. The van der Waals surface area contributed by atoms with Crippen LogP contribution in [0.15, 0.2) is 0 Å². The lowest BCUT2D eigenvalue weighted by Gasteiger charge is -2.32. The van der Waals surface area contributed by atoms with E-state index in [1.165, 1.54) is 32.1 Å². The minimum atomic E-state index is -0.323. The molecule has 1 atom stereocenters. The summed E-state index contributed by atoms with van der Waals surface area (Å²) in [5, 5.41) is 10.3. The molecule has 0 amide bonds. The fourth-order valence-electron chi connectivity index (χ4n) is 2.99. The summed E-state index contributed by atoms with van der Waals surface area (Å²) in [5.41, 5.74) is -0.323. The molecule has 0 bridgehead atoms. The Labute approximate surface area is 93.0 Å². The zero-order chi connectivity index (χ0) is 10.6. The van der Waals surface area contributed by atoms with Crippen molar-refractivity contribution in [1.29, 1.82) is 0 Å². The molecule has 1 N–H and O–H groups in total. The van der Waals surface area contributed by atoms with Gasteiger partial charge in [-0.2, -0.15) is 0 Å². The first-order valence-electron chi connectivity index (χ1n) is 6.63. The Morgan fingerprint density at radius 2 is 1.93 bits per heavy atom. The molecule has 2 fully saturated rings. The second-order valence-electron chi connectivity index (χ2n) is 5.31. The second-order valence-corrected chi connectivity index (χ2v) is 5.31. The van der Waals surface area contributed by atoms with Crippen molar-refractivity contribution < 1.29 is 9.84 Å². The van der Waals surface area contributed by atoms with Crippen molar-refractivity contribution in [3.05, 3.63) is 0 Å². The fourth-order valence-corrected chi connectivity index (χ4v) is 2.99. The van der Waals surface area contributed by atoms with Gasteiger partial charge in [-0.25, -0.2) is 0 Å². The molecule has 1 heterocycles. The molecule has 1 saturated carbocycles. The van der Waals surface area contributed by atoms with Gasteiger partial charge in [0.2, 0.25) is 0 Å². The summed E-state index contributed by atoms with van der Waals surface area (Å²) in [7, 11) is 0. The molecule has 1 unspecified atom stereocenters. The van der Waals surface area contributed by atoms with Gasteiger partial charge >= 0.3 is 0 Å². The van der Waals surface area contributed by atoms with E-state index in [-0.39, 0.29) is 5.60 Å². The predicted molar refractivity (Wildman–Crippen MR) is 60.9 cm³/mol. The third kappa shape index (κ3) is 3.46. The lowest BCUT2D eigenvalue weighted by Crippen LogP contribution is -2.31. The predicted octanol–water partition coefficient (Wildman–Crippen LogP) is 3.03. The van der Waals surface area contributed by atoms with Crippen molar-refractivity contribution in [1.82, 2.24) is 0 Å². The number of aliphatic hydroxyl groups is 1. The molecule has 15 heavy (non-hydrogen) atoms. The van der Waals surface area contributed by atoms with Gasteiger partial charge in [0.05, 0.1) is 11.7 Å². The average Bonchev–Trinajstić information content (AvgIpc) is 2.71. The molecule has 2 heteroatoms. The molecule has 0 aromatic heterocycles. The summed E-state index contributed by atoms with van der Waals surface area (Å²) in [6, 6.07) is 0. The summed E-state index contributed by atoms with van der Waals surface area (Å²) in [6.07, 6.45) is 12.1. The van der Waals surface area contributed by atoms with E-state index in [0.29, 0.717) is 6.10 Å². The summed E-state index contributed by atoms with van der Waals surface area (Å²) in [5.74, 6) is 0. The Bertz CT molecular complexity index is 179. The maximum Gasteiger partial charge on any atom is 0.0647 e. The molecule has 0 radical (unpaired) electrons. The number of ether oxygens (including phenoxy) is 1. The van der Waals surface area contributed by atoms with Gasteiger partial charge in [0.1, 0.15) is 0 Å². The van der Waals surface area contributed by atoms with Gasteiger partial charge in [-0.3, -0.25) is 0 Å². The zero-order valence-electron chi connectivity index (χ0n) is 9.71. The summed E-state index contributed by atoms with van der Waals surface area (Å²) in [6.45, 7) is 0.953. The number of hydrogen-bond donors (Lipinski definition) is 1. The topological polar surface area (TPSA) is 29.5 Å². The molecule has 2 aliphatic rings. The van der Waals surface area contributed by atoms with Crippen LogP contribution in [0.2, 0.25) is 0 Å². The minimum Gasteiger partial charge on any atom is -0.390 e. The molecule has 1 saturated heterocycles. The normalized spacial score (nSPS) is 30.6. The highest BCUT2D eigenvalue weighted by molar-refractivity contribution is 4.82. The van der Waals surface area contributed by atoms with Crippen LogP contribution in [0.1, 0.15) is 64.2 Å². The molecule has 0 spiro atoms. The Morgan fingerprint density at radius 1 is 1.13 bits per heavy atom. The van der Waals surface area contributed by atoms with Gasteiger partial charge in [-0.1, -0.05) is 19.3 Å². The van der Waals surface area contributed by atoms with Crippen LogP contribution < -0.4 is 0 Å². The standard InChI is InChI=1S/C13H24O2/c14-13(8-2-1-3-9-13)10-4-6-12-7-5-11-15-12/h12,14H,1-11H2. The highest BCUT2D eigenvalue weighted by Crippen LogP contribution is 2.32. The quantitative estimate of drug-likeness (QED) is 0.776. The molecule has 1 aliphatic heterocycles. The van der Waals surface area contributed by atoms with E-state index in [1.54, 1.807) is 0 Å². The first-order valence-corrected chi connectivity index (χ1v) is 6.63. The van der Waals surface area contributed by atoms with Crippen molar-refractivity contribution in [3.8, 4) is 0 Å². The lowest BCUT2D eigenvalue weighted by molar-refractivity contribution is -0.00916. The number of rotatable bonds is 4. The Balaban J connectivity index is 1.63. The van der Waals surface area contributed by atoms with Crippen molar-refractivity contribution in [3.63, 3.8) is 0 Å². The van der Waals surface area contributed by atoms with Gasteiger partial charge in [-0.05, 0) is 44.9 Å². The molecule has 2 rings (SSSR count). The first kappa shape index (κ1) is 11.4. The van der Waals surface area contributed by atoms with Crippen LogP contribution in [0.4, 0.5) is 0 Å². The maximum atomic E-state index is 10.3. The first-order chi connectivity index (χ1) is 7.29. The minimum absolute atomic E-state index is 0.323. The van der Waals surface area contributed by atoms with Crippen molar-refractivity contribution >= 4 is 0 Å². The second kappa shape index (κ2) is 5.31. The van der Waals surface area contributed by atoms with Crippen LogP contribution in [0.5, 0.6) is 0 Å². The van der Waals surface area contributed by atoms with Gasteiger partial charge in [-0.15, -0.1) is 0 Å². The smallest absolute Gasteiger partial charge is 0.0647 e. The summed E-state index contributed by atoms with van der Waals surface area (Å²) in [4.78, 5) is 0. The Morgan fingerprint density at radius 3 is 2.60 bits per heavy atom. The highest BCUT2D eigenvalue weighted by atomic mass is 16.5. The molecular formula is C13H24O2. The lowest BCUT2D eigenvalue weighted by atomic mass is 9.81. The van der Waals surface area contributed by atoms with Crippen LogP contribution in [0, 0.1) is 0 Å². The van der Waals surface area contributed by atoms with E-state index >= 15 is 0 Å². The van der Waals surface area contributed by atoms with E-state index in [1.807, 2.05) is 0 Å². The van der Waals surface area contributed by atoms with Crippen LogP contribution in [0.3, 0.4) is 0 Å². The van der Waals surface area contributed by atoms with E-state index in [9.17, 15) is 5.11 Å². The molecule has 1 aliphatic carbocycles. The Hall–Kier alpha value is -0.0800. The monoisotopic (exact) mass is 212 g/mol. The molecule has 2 nitrogen and oxygen atoms in total. The van der Waals surface area contributed by atoms with E-state index in [4.69, 9.17) is 4.74 Å². The van der Waals surface area contributed by atoms with Gasteiger partial charge in [0.25, 0.3) is 0 Å². The van der Waals surface area contributed by atoms with E-state index < -0.39 is 0 Å². The van der Waals surface area contributed by atoms with E-state index in [2.05, 4.69) is 0 Å². The largest absolute Gasteiger partial charge is 0.390 e. The van der Waals surface area contributed by atoms with Crippen molar-refractivity contribution in [2.75, 3.05) is 6.61 Å². The maximum absolute atomic E-state index is 10.3. The molecule has 0 aromatic carbocycles. The summed E-state index contributed by atoms with van der Waals surface area (Å²) >= 11 is 0. The van der Waals surface area contributed by atoms with Crippen LogP contribution in [-0.4, -0.2) is 23.4 Å². The highest BCUT2D eigenvalue weighted by Gasteiger charge is 2.28. The van der Waals surface area contributed by atoms with Crippen LogP contribution in [0.25, 0.3) is 0 Å². The molecular weight excluding hydrogens is 188 g/mol. The van der Waals surface area contributed by atoms with Gasteiger partial charge < -0.3 is 9.84 Å². The van der Waals surface area contributed by atoms with Crippen molar-refractivity contribution in [2.24, 2.45) is 0 Å². The Kier molecular flexibility index (Phi) is 4.04. The average molecular weight is 212 g/mol. The number of hydrogen-bond acceptors (Lipinski definition) is 2. The third-order valence-corrected chi connectivity index (χ3v) is 3.98. The van der Waals surface area contributed by atoms with Crippen LogP contribution in [-0.2, 0) is 4.74 Å². The zero-order valence-corrected chi connectivity index (χ0v) is 9.71. The summed E-state index contributed by atoms with van der Waals surface area (Å²) < 4.78 is 5.59. The van der Waals surface area contributed by atoms with Gasteiger partial charge in [0, 0.05) is 6.61 Å². The third-order valence-electron chi connectivity index (χ3n) is 3.98. The van der Waals surface area contributed by atoms with Gasteiger partial charge in [0.15, 0.2) is 0 Å². The van der Waals surface area contributed by atoms with Crippen molar-refractivity contribution in [2.45, 2.75) is 75.9 Å². The fraction of sp³-hybridized carbons (Fsp3) is 1.00.